The lowest BCUT2D eigenvalue weighted by Crippen LogP contribution is -2.40. The molecule has 0 radical (unpaired) electrons. The average molecular weight is 436 g/mol. The van der Waals surface area contributed by atoms with Crippen LogP contribution in [-0.2, 0) is 4.79 Å². The van der Waals surface area contributed by atoms with Gasteiger partial charge in [0, 0.05) is 35.9 Å². The first kappa shape index (κ1) is 22.3. The van der Waals surface area contributed by atoms with Gasteiger partial charge in [0.1, 0.15) is 6.04 Å². The van der Waals surface area contributed by atoms with Crippen molar-refractivity contribution in [1.82, 2.24) is 10.3 Å². The van der Waals surface area contributed by atoms with E-state index in [1.807, 2.05) is 54.3 Å². The maximum atomic E-state index is 13.5. The van der Waals surface area contributed by atoms with Crippen LogP contribution in [0.5, 0.6) is 0 Å². The molecule has 0 aliphatic heterocycles. The van der Waals surface area contributed by atoms with Crippen LogP contribution in [0.2, 0.25) is 0 Å². The molecule has 1 atom stereocenters. The number of rotatable bonds is 8. The number of carbonyl (C=O) groups is 1. The minimum Gasteiger partial charge on any atom is -0.350 e. The molecule has 1 aromatic heterocycles. The Balaban J connectivity index is 1.64. The standard InChI is InChI=1S/C29H29N3O/c1-22(2)32(27-17-15-25(16-18-27)24-12-7-4-8-13-24)28(26-14-9-19-30-21-26)29(33)31-20-23-10-5-3-6-11-23/h4-5,7-19,21,28H,1,3,6,20H2,2H3,(H,31,33). The van der Waals surface area contributed by atoms with Gasteiger partial charge in [-0.2, -0.15) is 0 Å². The Bertz CT molecular complexity index is 1150. The number of nitrogens with zero attached hydrogens (tertiary/aromatic N) is 2. The Hall–Kier alpha value is -3.92. The smallest absolute Gasteiger partial charge is 0.248 e. The van der Waals surface area contributed by atoms with Gasteiger partial charge in [-0.1, -0.05) is 73.3 Å². The summed E-state index contributed by atoms with van der Waals surface area (Å²) >= 11 is 0. The summed E-state index contributed by atoms with van der Waals surface area (Å²) in [4.78, 5) is 19.8. The molecular weight excluding hydrogens is 406 g/mol. The molecule has 0 saturated carbocycles. The van der Waals surface area contributed by atoms with Crippen molar-refractivity contribution < 1.29 is 4.79 Å². The average Bonchev–Trinajstić information content (AvgIpc) is 2.87. The normalized spacial score (nSPS) is 13.7. The van der Waals surface area contributed by atoms with Crippen LogP contribution in [0, 0.1) is 0 Å². The van der Waals surface area contributed by atoms with Crippen molar-refractivity contribution in [2.24, 2.45) is 0 Å². The van der Waals surface area contributed by atoms with E-state index in [4.69, 9.17) is 0 Å². The van der Waals surface area contributed by atoms with Crippen LogP contribution >= 0.6 is 0 Å². The Labute approximate surface area is 196 Å². The Morgan fingerprint density at radius 3 is 2.42 bits per heavy atom. The number of allylic oxidation sites excluding steroid dienone is 3. The molecule has 2 aromatic carbocycles. The second-order valence-corrected chi connectivity index (χ2v) is 8.18. The van der Waals surface area contributed by atoms with E-state index in [-0.39, 0.29) is 5.91 Å². The Kier molecular flexibility index (Phi) is 7.16. The SMILES string of the molecule is C=C(C)N(c1ccc(-c2ccccc2)cc1)C(C(=O)NCC1=CCCC=C1)c1cccnc1. The molecule has 4 rings (SSSR count). The first-order valence-electron chi connectivity index (χ1n) is 11.3. The van der Waals surface area contributed by atoms with Crippen molar-refractivity contribution >= 4 is 11.6 Å². The van der Waals surface area contributed by atoms with Gasteiger partial charge in [-0.05, 0) is 54.7 Å². The molecule has 0 bridgehead atoms. The summed E-state index contributed by atoms with van der Waals surface area (Å²) in [5, 5.41) is 3.12. The van der Waals surface area contributed by atoms with E-state index in [1.54, 1.807) is 12.4 Å². The number of anilines is 1. The molecule has 0 saturated heterocycles. The summed E-state index contributed by atoms with van der Waals surface area (Å²) in [5.41, 5.74) is 5.92. The highest BCUT2D eigenvalue weighted by Gasteiger charge is 2.29. The van der Waals surface area contributed by atoms with Crippen LogP contribution < -0.4 is 10.2 Å². The van der Waals surface area contributed by atoms with Crippen LogP contribution in [0.15, 0.2) is 115 Å². The topological polar surface area (TPSA) is 45.2 Å². The van der Waals surface area contributed by atoms with E-state index in [2.05, 4.69) is 59.4 Å². The summed E-state index contributed by atoms with van der Waals surface area (Å²) in [7, 11) is 0. The first-order valence-corrected chi connectivity index (χ1v) is 11.3. The van der Waals surface area contributed by atoms with E-state index in [0.717, 1.165) is 46.5 Å². The number of nitrogens with one attached hydrogen (secondary N) is 1. The molecule has 3 aromatic rings. The minimum atomic E-state index is -0.577. The monoisotopic (exact) mass is 435 g/mol. The van der Waals surface area contributed by atoms with Gasteiger partial charge in [-0.15, -0.1) is 0 Å². The van der Waals surface area contributed by atoms with Gasteiger partial charge in [0.2, 0.25) is 5.91 Å². The highest BCUT2D eigenvalue weighted by Crippen LogP contribution is 2.32. The lowest BCUT2D eigenvalue weighted by molar-refractivity contribution is -0.122. The van der Waals surface area contributed by atoms with Gasteiger partial charge >= 0.3 is 0 Å². The van der Waals surface area contributed by atoms with Crippen molar-refractivity contribution in [3.8, 4) is 11.1 Å². The van der Waals surface area contributed by atoms with Crippen LogP contribution in [0.4, 0.5) is 5.69 Å². The molecule has 0 fully saturated rings. The van der Waals surface area contributed by atoms with Crippen molar-refractivity contribution in [2.45, 2.75) is 25.8 Å². The molecular formula is C29H29N3O. The Morgan fingerprint density at radius 2 is 1.79 bits per heavy atom. The summed E-state index contributed by atoms with van der Waals surface area (Å²) in [6.45, 7) is 6.62. The van der Waals surface area contributed by atoms with Gasteiger partial charge in [0.15, 0.2) is 0 Å². The van der Waals surface area contributed by atoms with Crippen LogP contribution in [0.3, 0.4) is 0 Å². The van der Waals surface area contributed by atoms with Crippen LogP contribution in [-0.4, -0.2) is 17.4 Å². The summed E-state index contributed by atoms with van der Waals surface area (Å²) in [6.07, 6.45) is 11.9. The quantitative estimate of drug-likeness (QED) is 0.457. The third-order valence-corrected chi connectivity index (χ3v) is 5.71. The second kappa shape index (κ2) is 10.6. The number of benzene rings is 2. The maximum Gasteiger partial charge on any atom is 0.248 e. The van der Waals surface area contributed by atoms with Crippen LogP contribution in [0.1, 0.15) is 31.4 Å². The molecule has 33 heavy (non-hydrogen) atoms. The summed E-state index contributed by atoms with van der Waals surface area (Å²) in [5.74, 6) is -0.0852. The highest BCUT2D eigenvalue weighted by atomic mass is 16.2. The third kappa shape index (κ3) is 5.47. The first-order chi connectivity index (χ1) is 16.1. The van der Waals surface area contributed by atoms with Crippen molar-refractivity contribution in [1.29, 1.82) is 0 Å². The largest absolute Gasteiger partial charge is 0.350 e. The van der Waals surface area contributed by atoms with E-state index in [1.165, 1.54) is 0 Å². The summed E-state index contributed by atoms with van der Waals surface area (Å²) in [6, 6.07) is 21.7. The Morgan fingerprint density at radius 1 is 1.03 bits per heavy atom. The molecule has 1 aliphatic carbocycles. The highest BCUT2D eigenvalue weighted by molar-refractivity contribution is 5.88. The fraction of sp³-hybridized carbons (Fsp3) is 0.172. The number of hydrogen-bond donors (Lipinski definition) is 1. The molecule has 1 aliphatic rings. The molecule has 1 amide bonds. The van der Waals surface area contributed by atoms with Gasteiger partial charge in [-0.25, -0.2) is 0 Å². The molecule has 1 heterocycles. The predicted molar refractivity (Wildman–Crippen MR) is 136 cm³/mol. The van der Waals surface area contributed by atoms with Gasteiger partial charge in [-0.3, -0.25) is 9.78 Å². The molecule has 166 valence electrons. The fourth-order valence-corrected chi connectivity index (χ4v) is 4.07. The van der Waals surface area contributed by atoms with E-state index >= 15 is 0 Å². The maximum absolute atomic E-state index is 13.5. The van der Waals surface area contributed by atoms with Crippen molar-refractivity contribution in [2.75, 3.05) is 11.4 Å². The molecule has 1 N–H and O–H groups in total. The molecule has 4 heteroatoms. The molecule has 0 spiro atoms. The predicted octanol–water partition coefficient (Wildman–Crippen LogP) is 6.22. The minimum absolute atomic E-state index is 0.0852. The molecule has 1 unspecified atom stereocenters. The van der Waals surface area contributed by atoms with E-state index in [9.17, 15) is 4.79 Å². The van der Waals surface area contributed by atoms with Gasteiger partial charge in [0.05, 0.1) is 0 Å². The van der Waals surface area contributed by atoms with Gasteiger partial charge in [0.25, 0.3) is 0 Å². The third-order valence-electron chi connectivity index (χ3n) is 5.71. The zero-order chi connectivity index (χ0) is 23.0. The van der Waals surface area contributed by atoms with E-state index < -0.39 is 6.04 Å². The molecule has 4 nitrogen and oxygen atoms in total. The number of aromatic nitrogens is 1. The number of carbonyl (C=O) groups excluding carboxylic acids is 1. The number of amides is 1. The van der Waals surface area contributed by atoms with Crippen molar-refractivity contribution in [3.63, 3.8) is 0 Å². The van der Waals surface area contributed by atoms with Crippen molar-refractivity contribution in [3.05, 3.63) is 121 Å². The zero-order valence-corrected chi connectivity index (χ0v) is 18.9. The van der Waals surface area contributed by atoms with Gasteiger partial charge < -0.3 is 10.2 Å². The lowest BCUT2D eigenvalue weighted by atomic mass is 10.0. The fourth-order valence-electron chi connectivity index (χ4n) is 4.07. The second-order valence-electron chi connectivity index (χ2n) is 8.18. The summed E-state index contributed by atoms with van der Waals surface area (Å²) < 4.78 is 0. The van der Waals surface area contributed by atoms with E-state index in [0.29, 0.717) is 6.54 Å². The number of hydrogen-bond acceptors (Lipinski definition) is 3. The van der Waals surface area contributed by atoms with Crippen LogP contribution in [0.25, 0.3) is 11.1 Å². The number of pyridine rings is 1. The lowest BCUT2D eigenvalue weighted by Gasteiger charge is -2.33. The zero-order valence-electron chi connectivity index (χ0n) is 18.9.